The van der Waals surface area contributed by atoms with Crippen LogP contribution in [0, 0.1) is 6.92 Å². The van der Waals surface area contributed by atoms with Crippen molar-refractivity contribution in [2.24, 2.45) is 4.99 Å². The summed E-state index contributed by atoms with van der Waals surface area (Å²) in [6, 6.07) is 12.8. The molecule has 0 unspecified atom stereocenters. The van der Waals surface area contributed by atoms with Gasteiger partial charge in [-0.3, -0.25) is 9.36 Å². The fourth-order valence-corrected chi connectivity index (χ4v) is 3.96. The standard InChI is InChI=1S/C22H22N2O5S/c1-4-28-20(26)18(21(27)29-5-2)24-16-8-6-7-9-17(16)30-22(24)23-19(25)15-12-10-14(3)11-13-15/h6-13,18H,4-5H2,1-3H3. The zero-order valence-electron chi connectivity index (χ0n) is 17.0. The highest BCUT2D eigenvalue weighted by Gasteiger charge is 2.34. The van der Waals surface area contributed by atoms with E-state index in [1.54, 1.807) is 38.1 Å². The van der Waals surface area contributed by atoms with E-state index < -0.39 is 23.9 Å². The molecule has 0 bridgehead atoms. The van der Waals surface area contributed by atoms with E-state index in [1.165, 1.54) is 15.9 Å². The van der Waals surface area contributed by atoms with E-state index >= 15 is 0 Å². The van der Waals surface area contributed by atoms with Crippen molar-refractivity contribution in [1.29, 1.82) is 0 Å². The maximum Gasteiger partial charge on any atom is 0.341 e. The Morgan fingerprint density at radius 2 is 1.57 bits per heavy atom. The van der Waals surface area contributed by atoms with Gasteiger partial charge in [0.25, 0.3) is 5.91 Å². The Kier molecular flexibility index (Phi) is 6.79. The third kappa shape index (κ3) is 4.49. The van der Waals surface area contributed by atoms with Crippen molar-refractivity contribution in [2.75, 3.05) is 13.2 Å². The summed E-state index contributed by atoms with van der Waals surface area (Å²) in [5.74, 6) is -1.99. The predicted octanol–water partition coefficient (Wildman–Crippen LogP) is 3.42. The highest BCUT2D eigenvalue weighted by atomic mass is 32.1. The molecule has 1 aromatic heterocycles. The largest absolute Gasteiger partial charge is 0.464 e. The third-order valence-electron chi connectivity index (χ3n) is 4.31. The lowest BCUT2D eigenvalue weighted by atomic mass is 10.1. The summed E-state index contributed by atoms with van der Waals surface area (Å²) < 4.78 is 12.4. The number of carbonyl (C=O) groups is 3. The quantitative estimate of drug-likeness (QED) is 0.445. The third-order valence-corrected chi connectivity index (χ3v) is 5.34. The van der Waals surface area contributed by atoms with Crippen LogP contribution in [0.4, 0.5) is 0 Å². The first-order valence-electron chi connectivity index (χ1n) is 9.55. The van der Waals surface area contributed by atoms with Gasteiger partial charge >= 0.3 is 11.9 Å². The molecular formula is C22H22N2O5S. The first kappa shape index (κ1) is 21.4. The molecule has 0 saturated heterocycles. The highest BCUT2D eigenvalue weighted by Crippen LogP contribution is 2.23. The Morgan fingerprint density at radius 1 is 0.967 bits per heavy atom. The first-order chi connectivity index (χ1) is 14.5. The fourth-order valence-electron chi connectivity index (χ4n) is 2.92. The Hall–Kier alpha value is -3.26. The average Bonchev–Trinajstić information content (AvgIpc) is 3.07. The van der Waals surface area contributed by atoms with Crippen LogP contribution in [0.15, 0.2) is 53.5 Å². The number of hydrogen-bond donors (Lipinski definition) is 0. The Balaban J connectivity index is 2.21. The molecule has 30 heavy (non-hydrogen) atoms. The Bertz CT molecular complexity index is 1130. The lowest BCUT2D eigenvalue weighted by Gasteiger charge is -2.16. The first-order valence-corrected chi connectivity index (χ1v) is 10.4. The van der Waals surface area contributed by atoms with Crippen LogP contribution < -0.4 is 4.80 Å². The van der Waals surface area contributed by atoms with Crippen molar-refractivity contribution in [3.05, 3.63) is 64.5 Å². The van der Waals surface area contributed by atoms with Gasteiger partial charge in [0.05, 0.1) is 23.4 Å². The number of para-hydroxylation sites is 1. The minimum atomic E-state index is -1.40. The van der Waals surface area contributed by atoms with Gasteiger partial charge in [0.2, 0.25) is 6.04 Å². The average molecular weight is 426 g/mol. The van der Waals surface area contributed by atoms with Gasteiger partial charge in [-0.05, 0) is 45.0 Å². The number of benzene rings is 2. The summed E-state index contributed by atoms with van der Waals surface area (Å²) in [5, 5.41) is 0. The molecule has 0 aliphatic carbocycles. The molecule has 8 heteroatoms. The molecule has 0 saturated carbocycles. The van der Waals surface area contributed by atoms with Crippen molar-refractivity contribution in [3.63, 3.8) is 0 Å². The van der Waals surface area contributed by atoms with Crippen LogP contribution >= 0.6 is 11.3 Å². The summed E-state index contributed by atoms with van der Waals surface area (Å²) in [7, 11) is 0. The van der Waals surface area contributed by atoms with Crippen LogP contribution in [0.3, 0.4) is 0 Å². The maximum absolute atomic E-state index is 12.8. The molecule has 1 heterocycles. The smallest absolute Gasteiger partial charge is 0.341 e. The number of aryl methyl sites for hydroxylation is 1. The molecule has 7 nitrogen and oxygen atoms in total. The number of fused-ring (bicyclic) bond motifs is 1. The second-order valence-electron chi connectivity index (χ2n) is 6.41. The van der Waals surface area contributed by atoms with Gasteiger partial charge in [-0.15, -0.1) is 0 Å². The normalized spacial score (nSPS) is 11.7. The van der Waals surface area contributed by atoms with Gasteiger partial charge in [-0.2, -0.15) is 4.99 Å². The molecule has 3 aromatic rings. The molecule has 0 atom stereocenters. The number of aromatic nitrogens is 1. The van der Waals surface area contributed by atoms with Crippen LogP contribution in [0.1, 0.15) is 35.8 Å². The van der Waals surface area contributed by atoms with E-state index in [9.17, 15) is 14.4 Å². The number of amides is 1. The molecule has 0 spiro atoms. The second-order valence-corrected chi connectivity index (χ2v) is 7.42. The van der Waals surface area contributed by atoms with E-state index in [4.69, 9.17) is 9.47 Å². The molecule has 0 aliphatic rings. The fraction of sp³-hybridized carbons (Fsp3) is 0.273. The van der Waals surface area contributed by atoms with Crippen molar-refractivity contribution in [3.8, 4) is 0 Å². The van der Waals surface area contributed by atoms with Crippen molar-refractivity contribution in [1.82, 2.24) is 4.57 Å². The summed E-state index contributed by atoms with van der Waals surface area (Å²) in [4.78, 5) is 42.6. The lowest BCUT2D eigenvalue weighted by Crippen LogP contribution is -2.36. The number of nitrogens with zero attached hydrogens (tertiary/aromatic N) is 2. The summed E-state index contributed by atoms with van der Waals surface area (Å²) in [6.45, 7) is 5.44. The summed E-state index contributed by atoms with van der Waals surface area (Å²) in [5.41, 5.74) is 2.02. The van der Waals surface area contributed by atoms with Gasteiger partial charge in [0.1, 0.15) is 0 Å². The van der Waals surface area contributed by atoms with Gasteiger partial charge in [-0.25, -0.2) is 9.59 Å². The highest BCUT2D eigenvalue weighted by molar-refractivity contribution is 7.16. The van der Waals surface area contributed by atoms with Crippen LogP contribution in [-0.2, 0) is 19.1 Å². The minimum absolute atomic E-state index is 0.103. The second kappa shape index (κ2) is 9.49. The van der Waals surface area contributed by atoms with Crippen LogP contribution in [-0.4, -0.2) is 35.6 Å². The zero-order chi connectivity index (χ0) is 21.7. The van der Waals surface area contributed by atoms with Crippen molar-refractivity contribution >= 4 is 39.4 Å². The molecule has 0 radical (unpaired) electrons. The van der Waals surface area contributed by atoms with E-state index in [2.05, 4.69) is 4.99 Å². The molecule has 2 aromatic carbocycles. The van der Waals surface area contributed by atoms with Crippen LogP contribution in [0.5, 0.6) is 0 Å². The predicted molar refractivity (Wildman–Crippen MR) is 113 cm³/mol. The van der Waals surface area contributed by atoms with Gasteiger partial charge in [-0.1, -0.05) is 41.2 Å². The number of esters is 2. The number of rotatable bonds is 6. The monoisotopic (exact) mass is 426 g/mol. The van der Waals surface area contributed by atoms with Crippen molar-refractivity contribution in [2.45, 2.75) is 26.8 Å². The Labute approximate surface area is 177 Å². The molecule has 0 N–H and O–H groups in total. The van der Waals surface area contributed by atoms with E-state index in [1.807, 2.05) is 31.2 Å². The topological polar surface area (TPSA) is 87.0 Å². The van der Waals surface area contributed by atoms with E-state index in [-0.39, 0.29) is 18.0 Å². The van der Waals surface area contributed by atoms with Gasteiger partial charge in [0, 0.05) is 5.56 Å². The Morgan fingerprint density at radius 3 is 2.17 bits per heavy atom. The van der Waals surface area contributed by atoms with E-state index in [0.717, 1.165) is 10.3 Å². The molecule has 0 fully saturated rings. The molecule has 0 aliphatic heterocycles. The van der Waals surface area contributed by atoms with Gasteiger partial charge in [0.15, 0.2) is 4.80 Å². The van der Waals surface area contributed by atoms with Crippen LogP contribution in [0.2, 0.25) is 0 Å². The number of thiazole rings is 1. The van der Waals surface area contributed by atoms with Crippen molar-refractivity contribution < 1.29 is 23.9 Å². The lowest BCUT2D eigenvalue weighted by molar-refractivity contribution is -0.160. The summed E-state index contributed by atoms with van der Waals surface area (Å²) in [6.07, 6.45) is 0. The number of carbonyl (C=O) groups excluding carboxylic acids is 3. The molecule has 1 amide bonds. The summed E-state index contributed by atoms with van der Waals surface area (Å²) >= 11 is 1.21. The maximum atomic E-state index is 12.8. The molecular weight excluding hydrogens is 404 g/mol. The van der Waals surface area contributed by atoms with E-state index in [0.29, 0.717) is 11.1 Å². The van der Waals surface area contributed by atoms with Crippen LogP contribution in [0.25, 0.3) is 10.2 Å². The van der Waals surface area contributed by atoms with Gasteiger partial charge < -0.3 is 9.47 Å². The minimum Gasteiger partial charge on any atom is -0.464 e. The molecule has 3 rings (SSSR count). The molecule has 156 valence electrons. The number of hydrogen-bond acceptors (Lipinski definition) is 6. The number of ether oxygens (including phenoxy) is 2. The SMILES string of the molecule is CCOC(=O)C(C(=O)OCC)n1c(=NC(=O)c2ccc(C)cc2)sc2ccccc21. The zero-order valence-corrected chi connectivity index (χ0v) is 17.8.